The molecule has 1 heterocycles. The predicted octanol–water partition coefficient (Wildman–Crippen LogP) is 2.23. The quantitative estimate of drug-likeness (QED) is 0.848. The molecule has 2 aromatic carbocycles. The number of hydrazine groups is 1. The van der Waals surface area contributed by atoms with Gasteiger partial charge in [0.1, 0.15) is 0 Å². The molecule has 0 aliphatic carbocycles. The maximum atomic E-state index is 11.9. The number of benzene rings is 2. The van der Waals surface area contributed by atoms with Crippen LogP contribution in [-0.4, -0.2) is 8.42 Å². The molecule has 98 valence electrons. The van der Waals surface area contributed by atoms with Crippen molar-refractivity contribution in [2.45, 2.75) is 10.9 Å². The lowest BCUT2D eigenvalue weighted by atomic mass is 9.99. The van der Waals surface area contributed by atoms with Gasteiger partial charge in [0.2, 0.25) is 0 Å². The molecule has 0 spiro atoms. The van der Waals surface area contributed by atoms with Crippen molar-refractivity contribution in [1.29, 1.82) is 0 Å². The van der Waals surface area contributed by atoms with Crippen LogP contribution < -0.4 is 10.3 Å². The Balaban J connectivity index is 2.19. The second kappa shape index (κ2) is 4.61. The summed E-state index contributed by atoms with van der Waals surface area (Å²) in [6, 6.07) is 14.1. The number of hydrogen-bond donors (Lipinski definition) is 2. The summed E-state index contributed by atoms with van der Waals surface area (Å²) in [7, 11) is -3.52. The van der Waals surface area contributed by atoms with Crippen molar-refractivity contribution in [2.75, 3.05) is 0 Å². The van der Waals surface area contributed by atoms with Gasteiger partial charge in [-0.25, -0.2) is 13.8 Å². The Morgan fingerprint density at radius 1 is 1.05 bits per heavy atom. The maximum Gasteiger partial charge on any atom is 0.253 e. The first kappa shape index (κ1) is 12.6. The summed E-state index contributed by atoms with van der Waals surface area (Å²) in [5.74, 6) is 0. The van der Waals surface area contributed by atoms with Gasteiger partial charge in [0.25, 0.3) is 10.0 Å². The molecule has 1 unspecified atom stereocenters. The topological polar surface area (TPSA) is 58.2 Å². The van der Waals surface area contributed by atoms with Gasteiger partial charge in [-0.2, -0.15) is 0 Å². The van der Waals surface area contributed by atoms with Crippen LogP contribution in [0.15, 0.2) is 53.4 Å². The summed E-state index contributed by atoms with van der Waals surface area (Å²) in [5, 5.41) is 0.513. The molecule has 0 saturated heterocycles. The minimum atomic E-state index is -3.52. The smallest absolute Gasteiger partial charge is 0.232 e. The van der Waals surface area contributed by atoms with Gasteiger partial charge in [0.15, 0.2) is 0 Å². The third kappa shape index (κ3) is 2.26. The minimum absolute atomic E-state index is 0.251. The van der Waals surface area contributed by atoms with Gasteiger partial charge in [-0.05, 0) is 29.3 Å². The normalized spacial score (nSPS) is 20.8. The van der Waals surface area contributed by atoms with Crippen LogP contribution in [-0.2, 0) is 10.0 Å². The lowest BCUT2D eigenvalue weighted by Gasteiger charge is -2.27. The molecular weight excluding hydrogens is 284 g/mol. The highest BCUT2D eigenvalue weighted by Gasteiger charge is 2.30. The van der Waals surface area contributed by atoms with Crippen LogP contribution in [0.4, 0.5) is 0 Å². The molecule has 0 saturated carbocycles. The number of fused-ring (bicyclic) bond motifs is 1. The fourth-order valence-electron chi connectivity index (χ4n) is 2.17. The van der Waals surface area contributed by atoms with Crippen molar-refractivity contribution in [3.05, 3.63) is 64.7 Å². The molecule has 1 aliphatic rings. The first-order chi connectivity index (χ1) is 9.08. The average molecular weight is 295 g/mol. The molecule has 0 fully saturated rings. The first-order valence-electron chi connectivity index (χ1n) is 5.70. The summed E-state index contributed by atoms with van der Waals surface area (Å²) in [5.41, 5.74) is 4.43. The Bertz CT molecular complexity index is 717. The van der Waals surface area contributed by atoms with Crippen molar-refractivity contribution in [3.63, 3.8) is 0 Å². The van der Waals surface area contributed by atoms with Crippen molar-refractivity contribution < 1.29 is 8.42 Å². The van der Waals surface area contributed by atoms with E-state index in [4.69, 9.17) is 11.6 Å². The van der Waals surface area contributed by atoms with Crippen LogP contribution in [0.5, 0.6) is 0 Å². The first-order valence-corrected chi connectivity index (χ1v) is 7.56. The van der Waals surface area contributed by atoms with Gasteiger partial charge in [-0.3, -0.25) is 0 Å². The number of rotatable bonds is 1. The largest absolute Gasteiger partial charge is 0.253 e. The van der Waals surface area contributed by atoms with E-state index in [1.165, 1.54) is 6.07 Å². The molecule has 19 heavy (non-hydrogen) atoms. The van der Waals surface area contributed by atoms with Crippen molar-refractivity contribution in [2.24, 2.45) is 0 Å². The zero-order chi connectivity index (χ0) is 13.5. The fourth-order valence-corrected chi connectivity index (χ4v) is 3.47. The van der Waals surface area contributed by atoms with E-state index in [9.17, 15) is 8.42 Å². The molecule has 0 radical (unpaired) electrons. The lowest BCUT2D eigenvalue weighted by Crippen LogP contribution is -2.45. The molecule has 1 aliphatic heterocycles. The zero-order valence-electron chi connectivity index (χ0n) is 9.80. The van der Waals surface area contributed by atoms with Crippen molar-refractivity contribution in [3.8, 4) is 0 Å². The SMILES string of the molecule is O=S1(=O)NNC(c2ccccc2)c2cc(Cl)ccc21. The van der Waals surface area contributed by atoms with Crippen LogP contribution in [0.2, 0.25) is 5.02 Å². The lowest BCUT2D eigenvalue weighted by molar-refractivity contribution is 0.505. The standard InChI is InChI=1S/C13H11ClN2O2S/c14-10-6-7-12-11(8-10)13(15-16-19(12,17)18)9-4-2-1-3-5-9/h1-8,13,15-16H. The summed E-state index contributed by atoms with van der Waals surface area (Å²) in [6.07, 6.45) is 0. The Morgan fingerprint density at radius 2 is 1.79 bits per heavy atom. The summed E-state index contributed by atoms with van der Waals surface area (Å²) in [4.78, 5) is 2.62. The molecule has 1 atom stereocenters. The fraction of sp³-hybridized carbons (Fsp3) is 0.0769. The van der Waals surface area contributed by atoms with Gasteiger partial charge in [-0.15, -0.1) is 4.83 Å². The summed E-state index contributed by atoms with van der Waals surface area (Å²) in [6.45, 7) is 0. The summed E-state index contributed by atoms with van der Waals surface area (Å²) >= 11 is 5.98. The van der Waals surface area contributed by atoms with E-state index in [-0.39, 0.29) is 10.9 Å². The van der Waals surface area contributed by atoms with Crippen LogP contribution >= 0.6 is 11.6 Å². The highest BCUT2D eigenvalue weighted by Crippen LogP contribution is 2.32. The molecule has 0 amide bonds. The zero-order valence-corrected chi connectivity index (χ0v) is 11.4. The van der Waals surface area contributed by atoms with E-state index >= 15 is 0 Å². The third-order valence-corrected chi connectivity index (χ3v) is 4.62. The molecular formula is C13H11ClN2O2S. The molecule has 0 bridgehead atoms. The Hall–Kier alpha value is -1.40. The van der Waals surface area contributed by atoms with E-state index in [0.717, 1.165) is 5.56 Å². The van der Waals surface area contributed by atoms with Gasteiger partial charge >= 0.3 is 0 Å². The van der Waals surface area contributed by atoms with Crippen molar-refractivity contribution >= 4 is 21.6 Å². The van der Waals surface area contributed by atoms with Crippen LogP contribution in [0.1, 0.15) is 17.2 Å². The van der Waals surface area contributed by atoms with Crippen LogP contribution in [0.3, 0.4) is 0 Å². The van der Waals surface area contributed by atoms with Crippen LogP contribution in [0.25, 0.3) is 0 Å². The van der Waals surface area contributed by atoms with E-state index in [0.29, 0.717) is 10.6 Å². The number of nitrogens with one attached hydrogen (secondary N) is 2. The number of halogens is 1. The van der Waals surface area contributed by atoms with E-state index in [1.807, 2.05) is 30.3 Å². The highest BCUT2D eigenvalue weighted by molar-refractivity contribution is 7.89. The Labute approximate surface area is 116 Å². The average Bonchev–Trinajstić information content (AvgIpc) is 2.39. The van der Waals surface area contributed by atoms with E-state index in [1.54, 1.807) is 12.1 Å². The maximum absolute atomic E-state index is 11.9. The predicted molar refractivity (Wildman–Crippen MR) is 73.2 cm³/mol. The van der Waals surface area contributed by atoms with Crippen LogP contribution in [0, 0.1) is 0 Å². The van der Waals surface area contributed by atoms with Gasteiger partial charge < -0.3 is 0 Å². The molecule has 4 nitrogen and oxygen atoms in total. The monoisotopic (exact) mass is 294 g/mol. The van der Waals surface area contributed by atoms with Crippen molar-refractivity contribution in [1.82, 2.24) is 10.3 Å². The van der Waals surface area contributed by atoms with Gasteiger partial charge in [-0.1, -0.05) is 41.9 Å². The third-order valence-electron chi connectivity index (χ3n) is 3.04. The number of sulfonamides is 1. The molecule has 6 heteroatoms. The molecule has 3 rings (SSSR count). The summed E-state index contributed by atoms with van der Waals surface area (Å²) < 4.78 is 23.9. The highest BCUT2D eigenvalue weighted by atomic mass is 35.5. The van der Waals surface area contributed by atoms with Gasteiger partial charge in [0.05, 0.1) is 10.9 Å². The Morgan fingerprint density at radius 3 is 2.53 bits per heavy atom. The van der Waals surface area contributed by atoms with E-state index < -0.39 is 10.0 Å². The van der Waals surface area contributed by atoms with Gasteiger partial charge in [0, 0.05) is 5.02 Å². The second-order valence-electron chi connectivity index (χ2n) is 4.28. The Kier molecular flexibility index (Phi) is 3.06. The molecule has 2 aromatic rings. The minimum Gasteiger partial charge on any atom is -0.232 e. The second-order valence-corrected chi connectivity index (χ2v) is 6.36. The van der Waals surface area contributed by atoms with E-state index in [2.05, 4.69) is 10.3 Å². The molecule has 0 aromatic heterocycles. The number of hydrogen-bond acceptors (Lipinski definition) is 3. The molecule has 2 N–H and O–H groups in total.